The summed E-state index contributed by atoms with van der Waals surface area (Å²) in [7, 11) is -3.58. The molecular formula is C15H14F2N2O3S. The zero-order valence-electron chi connectivity index (χ0n) is 12.1. The standard InChI is InChI=1S/C15H14F2N2O3S/c1-23(21,22)19-13-7-6-12(17)9-14(13)18-15(20)8-10-2-4-11(16)5-3-10/h2-7,9,19H,8H2,1H3,(H,18,20). The van der Waals surface area contributed by atoms with Crippen LogP contribution in [0.15, 0.2) is 42.5 Å². The normalized spacial score (nSPS) is 11.1. The maximum atomic E-state index is 13.3. The van der Waals surface area contributed by atoms with E-state index in [1.54, 1.807) is 0 Å². The van der Waals surface area contributed by atoms with Crippen molar-refractivity contribution in [3.05, 3.63) is 59.7 Å². The number of benzene rings is 2. The van der Waals surface area contributed by atoms with Gasteiger partial charge < -0.3 is 5.32 Å². The van der Waals surface area contributed by atoms with Gasteiger partial charge in [0.2, 0.25) is 15.9 Å². The van der Waals surface area contributed by atoms with E-state index in [4.69, 9.17) is 0 Å². The molecule has 122 valence electrons. The molecule has 0 spiro atoms. The van der Waals surface area contributed by atoms with E-state index in [-0.39, 0.29) is 17.8 Å². The number of carbonyl (C=O) groups excluding carboxylic acids is 1. The van der Waals surface area contributed by atoms with Gasteiger partial charge in [0.1, 0.15) is 11.6 Å². The van der Waals surface area contributed by atoms with Gasteiger partial charge >= 0.3 is 0 Å². The number of anilines is 2. The monoisotopic (exact) mass is 340 g/mol. The Hall–Kier alpha value is -2.48. The fraction of sp³-hybridized carbons (Fsp3) is 0.133. The second-order valence-electron chi connectivity index (χ2n) is 4.92. The minimum atomic E-state index is -3.58. The molecule has 0 radical (unpaired) electrons. The van der Waals surface area contributed by atoms with Crippen LogP contribution in [-0.4, -0.2) is 20.6 Å². The molecule has 0 unspecified atom stereocenters. The lowest BCUT2D eigenvalue weighted by molar-refractivity contribution is -0.115. The van der Waals surface area contributed by atoms with Gasteiger partial charge in [-0.1, -0.05) is 12.1 Å². The molecule has 23 heavy (non-hydrogen) atoms. The quantitative estimate of drug-likeness (QED) is 0.878. The number of halogens is 2. The number of carbonyl (C=O) groups is 1. The molecule has 0 saturated carbocycles. The second kappa shape index (κ2) is 6.74. The van der Waals surface area contributed by atoms with Crippen molar-refractivity contribution in [2.75, 3.05) is 16.3 Å². The molecule has 8 heteroatoms. The number of hydrogen-bond donors (Lipinski definition) is 2. The van der Waals surface area contributed by atoms with Crippen LogP contribution in [0.25, 0.3) is 0 Å². The van der Waals surface area contributed by atoms with Gasteiger partial charge in [0.25, 0.3) is 0 Å². The summed E-state index contributed by atoms with van der Waals surface area (Å²) < 4.78 is 50.9. The molecule has 2 aromatic rings. The molecule has 0 aliphatic carbocycles. The Kier molecular flexibility index (Phi) is 4.95. The van der Waals surface area contributed by atoms with Crippen molar-refractivity contribution in [1.29, 1.82) is 0 Å². The molecule has 2 aromatic carbocycles. The Morgan fingerprint density at radius 3 is 2.22 bits per heavy atom. The predicted molar refractivity (Wildman–Crippen MR) is 83.6 cm³/mol. The summed E-state index contributed by atoms with van der Waals surface area (Å²) in [5.41, 5.74) is 0.627. The van der Waals surface area contributed by atoms with Crippen LogP contribution in [0, 0.1) is 11.6 Å². The largest absolute Gasteiger partial charge is 0.324 e. The van der Waals surface area contributed by atoms with E-state index in [1.807, 2.05) is 0 Å². The molecule has 0 atom stereocenters. The van der Waals surface area contributed by atoms with Crippen LogP contribution in [0.2, 0.25) is 0 Å². The fourth-order valence-electron chi connectivity index (χ4n) is 1.89. The molecule has 0 saturated heterocycles. The fourth-order valence-corrected chi connectivity index (χ4v) is 2.47. The first-order chi connectivity index (χ1) is 10.7. The third-order valence-electron chi connectivity index (χ3n) is 2.83. The first kappa shape index (κ1) is 16.9. The SMILES string of the molecule is CS(=O)(=O)Nc1ccc(F)cc1NC(=O)Cc1ccc(F)cc1. The molecule has 0 aliphatic heterocycles. The average Bonchev–Trinajstić information content (AvgIpc) is 2.43. The van der Waals surface area contributed by atoms with Crippen molar-refractivity contribution in [3.63, 3.8) is 0 Å². The maximum Gasteiger partial charge on any atom is 0.229 e. The maximum absolute atomic E-state index is 13.3. The third kappa shape index (κ3) is 5.33. The van der Waals surface area contributed by atoms with E-state index >= 15 is 0 Å². The topological polar surface area (TPSA) is 75.3 Å². The Labute approximate surface area is 132 Å². The summed E-state index contributed by atoms with van der Waals surface area (Å²) in [5.74, 6) is -1.53. The van der Waals surface area contributed by atoms with Gasteiger partial charge in [-0.3, -0.25) is 9.52 Å². The first-order valence-electron chi connectivity index (χ1n) is 6.54. The number of rotatable bonds is 5. The van der Waals surface area contributed by atoms with Crippen molar-refractivity contribution in [2.24, 2.45) is 0 Å². The molecule has 5 nitrogen and oxygen atoms in total. The molecule has 0 aromatic heterocycles. The molecule has 1 amide bonds. The molecule has 2 rings (SSSR count). The second-order valence-corrected chi connectivity index (χ2v) is 6.66. The van der Waals surface area contributed by atoms with Gasteiger partial charge in [-0.25, -0.2) is 17.2 Å². The molecular weight excluding hydrogens is 326 g/mol. The highest BCUT2D eigenvalue weighted by Gasteiger charge is 2.12. The zero-order valence-corrected chi connectivity index (χ0v) is 13.0. The summed E-state index contributed by atoms with van der Waals surface area (Å²) in [4.78, 5) is 12.0. The number of amides is 1. The van der Waals surface area contributed by atoms with Crippen molar-refractivity contribution in [3.8, 4) is 0 Å². The van der Waals surface area contributed by atoms with Crippen LogP contribution in [0.4, 0.5) is 20.2 Å². The van der Waals surface area contributed by atoms with Gasteiger partial charge in [0, 0.05) is 0 Å². The van der Waals surface area contributed by atoms with Crippen molar-refractivity contribution in [1.82, 2.24) is 0 Å². The lowest BCUT2D eigenvalue weighted by atomic mass is 10.1. The van der Waals surface area contributed by atoms with Gasteiger partial charge in [-0.05, 0) is 35.9 Å². The Morgan fingerprint density at radius 2 is 1.61 bits per heavy atom. The minimum absolute atomic E-state index is 0.00235. The summed E-state index contributed by atoms with van der Waals surface area (Å²) in [6.07, 6.45) is 0.885. The smallest absolute Gasteiger partial charge is 0.229 e. The molecule has 0 aliphatic rings. The minimum Gasteiger partial charge on any atom is -0.324 e. The third-order valence-corrected chi connectivity index (χ3v) is 3.42. The van der Waals surface area contributed by atoms with E-state index in [9.17, 15) is 22.0 Å². The van der Waals surface area contributed by atoms with Gasteiger partial charge in [0.05, 0.1) is 24.1 Å². The van der Waals surface area contributed by atoms with Gasteiger partial charge in [-0.15, -0.1) is 0 Å². The van der Waals surface area contributed by atoms with Crippen molar-refractivity contribution < 1.29 is 22.0 Å². The van der Waals surface area contributed by atoms with Crippen LogP contribution >= 0.6 is 0 Å². The van der Waals surface area contributed by atoms with Crippen LogP contribution < -0.4 is 10.0 Å². The van der Waals surface area contributed by atoms with Crippen LogP contribution in [0.1, 0.15) is 5.56 Å². The van der Waals surface area contributed by atoms with E-state index in [2.05, 4.69) is 10.0 Å². The predicted octanol–water partition coefficient (Wildman–Crippen LogP) is 2.52. The van der Waals surface area contributed by atoms with Gasteiger partial charge in [-0.2, -0.15) is 0 Å². The van der Waals surface area contributed by atoms with E-state index in [1.165, 1.54) is 30.3 Å². The van der Waals surface area contributed by atoms with Crippen molar-refractivity contribution >= 4 is 27.3 Å². The van der Waals surface area contributed by atoms with E-state index in [0.29, 0.717) is 5.56 Å². The number of sulfonamides is 1. The summed E-state index contributed by atoms with van der Waals surface area (Å²) in [6, 6.07) is 8.65. The van der Waals surface area contributed by atoms with Crippen molar-refractivity contribution in [2.45, 2.75) is 6.42 Å². The highest BCUT2D eigenvalue weighted by molar-refractivity contribution is 7.92. The summed E-state index contributed by atoms with van der Waals surface area (Å²) >= 11 is 0. The Balaban J connectivity index is 2.16. The molecule has 0 bridgehead atoms. The number of nitrogens with one attached hydrogen (secondary N) is 2. The first-order valence-corrected chi connectivity index (χ1v) is 8.44. The van der Waals surface area contributed by atoms with Crippen LogP contribution in [0.5, 0.6) is 0 Å². The molecule has 0 fully saturated rings. The lowest BCUT2D eigenvalue weighted by Crippen LogP contribution is -2.17. The zero-order chi connectivity index (χ0) is 17.0. The summed E-state index contributed by atoms with van der Waals surface area (Å²) in [6.45, 7) is 0. The lowest BCUT2D eigenvalue weighted by Gasteiger charge is -2.12. The molecule has 2 N–H and O–H groups in total. The summed E-state index contributed by atoms with van der Waals surface area (Å²) in [5, 5.41) is 2.44. The highest BCUT2D eigenvalue weighted by Crippen LogP contribution is 2.24. The van der Waals surface area contributed by atoms with Gasteiger partial charge in [0.15, 0.2) is 0 Å². The van der Waals surface area contributed by atoms with Crippen LogP contribution in [0.3, 0.4) is 0 Å². The Bertz CT molecular complexity index is 821. The van der Waals surface area contributed by atoms with E-state index < -0.39 is 27.6 Å². The van der Waals surface area contributed by atoms with E-state index in [0.717, 1.165) is 18.4 Å². The van der Waals surface area contributed by atoms with Crippen LogP contribution in [-0.2, 0) is 21.2 Å². The average molecular weight is 340 g/mol. The number of hydrogen-bond acceptors (Lipinski definition) is 3. The molecule has 0 heterocycles. The highest BCUT2D eigenvalue weighted by atomic mass is 32.2. The Morgan fingerprint density at radius 1 is 1.00 bits per heavy atom.